The summed E-state index contributed by atoms with van der Waals surface area (Å²) in [6, 6.07) is 11.9. The maximum absolute atomic E-state index is 12.3. The molecular formula is C16H15N5O3S2. The summed E-state index contributed by atoms with van der Waals surface area (Å²) in [5.41, 5.74) is 1.06. The van der Waals surface area contributed by atoms with E-state index in [1.165, 1.54) is 17.4 Å². The quantitative estimate of drug-likeness (QED) is 0.597. The molecule has 0 saturated heterocycles. The third-order valence-electron chi connectivity index (χ3n) is 3.06. The number of hydrogen-bond acceptors (Lipinski definition) is 7. The zero-order valence-electron chi connectivity index (χ0n) is 13.6. The van der Waals surface area contributed by atoms with E-state index in [0.717, 1.165) is 6.26 Å². The van der Waals surface area contributed by atoms with E-state index < -0.39 is 15.9 Å². The zero-order valence-corrected chi connectivity index (χ0v) is 15.3. The standard InChI is InChI=1S/C16H15N5O3S2/c1-26(23,24)21-12-6-4-5-11(9-12)18-15(22)13-10-25-16(19-13)20-14-7-2-3-8-17-14/h2-10,21H,1H3,(H,18,22)(H,17,19,20). The number of sulfonamides is 1. The van der Waals surface area contributed by atoms with E-state index in [2.05, 4.69) is 25.3 Å². The van der Waals surface area contributed by atoms with Crippen LogP contribution in [0.4, 0.5) is 22.3 Å². The average Bonchev–Trinajstić information content (AvgIpc) is 3.03. The molecule has 0 spiro atoms. The van der Waals surface area contributed by atoms with Crippen LogP contribution in [0.2, 0.25) is 0 Å². The number of aromatic nitrogens is 2. The van der Waals surface area contributed by atoms with Gasteiger partial charge in [-0.05, 0) is 30.3 Å². The minimum absolute atomic E-state index is 0.245. The molecule has 0 saturated carbocycles. The number of pyridine rings is 1. The lowest BCUT2D eigenvalue weighted by Gasteiger charge is -2.07. The summed E-state index contributed by atoms with van der Waals surface area (Å²) < 4.78 is 24.9. The van der Waals surface area contributed by atoms with Crippen LogP contribution in [0.3, 0.4) is 0 Å². The lowest BCUT2D eigenvalue weighted by Crippen LogP contribution is -2.13. The van der Waals surface area contributed by atoms with Crippen molar-refractivity contribution in [3.05, 3.63) is 59.7 Å². The highest BCUT2D eigenvalue weighted by Gasteiger charge is 2.12. The number of amides is 1. The first kappa shape index (κ1) is 17.8. The minimum atomic E-state index is -3.39. The highest BCUT2D eigenvalue weighted by Crippen LogP contribution is 2.21. The predicted octanol–water partition coefficient (Wildman–Crippen LogP) is 2.91. The smallest absolute Gasteiger partial charge is 0.275 e. The Labute approximate surface area is 154 Å². The molecule has 0 bridgehead atoms. The number of carbonyl (C=O) groups is 1. The van der Waals surface area contributed by atoms with Crippen LogP contribution >= 0.6 is 11.3 Å². The molecule has 3 aromatic rings. The Kier molecular flexibility index (Phi) is 5.14. The Morgan fingerprint density at radius 2 is 1.92 bits per heavy atom. The second-order valence-electron chi connectivity index (χ2n) is 5.29. The van der Waals surface area contributed by atoms with Crippen molar-refractivity contribution in [3.8, 4) is 0 Å². The minimum Gasteiger partial charge on any atom is -0.321 e. The van der Waals surface area contributed by atoms with Gasteiger partial charge in [0, 0.05) is 17.3 Å². The second-order valence-corrected chi connectivity index (χ2v) is 7.89. The van der Waals surface area contributed by atoms with Crippen molar-refractivity contribution in [1.82, 2.24) is 9.97 Å². The van der Waals surface area contributed by atoms with Crippen molar-refractivity contribution in [3.63, 3.8) is 0 Å². The molecule has 10 heteroatoms. The van der Waals surface area contributed by atoms with Crippen LogP contribution in [-0.2, 0) is 10.0 Å². The van der Waals surface area contributed by atoms with Crippen molar-refractivity contribution in [2.24, 2.45) is 0 Å². The fourth-order valence-electron chi connectivity index (χ4n) is 2.05. The zero-order chi connectivity index (χ0) is 18.6. The third kappa shape index (κ3) is 5.01. The van der Waals surface area contributed by atoms with Crippen molar-refractivity contribution >= 4 is 49.6 Å². The number of carbonyl (C=O) groups excluding carboxylic acids is 1. The second kappa shape index (κ2) is 7.50. The van der Waals surface area contributed by atoms with Crippen LogP contribution in [0.25, 0.3) is 0 Å². The van der Waals surface area contributed by atoms with Gasteiger partial charge >= 0.3 is 0 Å². The maximum Gasteiger partial charge on any atom is 0.275 e. The van der Waals surface area contributed by atoms with E-state index in [1.807, 2.05) is 6.07 Å². The Hall–Kier alpha value is -2.98. The van der Waals surface area contributed by atoms with Gasteiger partial charge in [0.05, 0.1) is 11.9 Å². The number of anilines is 4. The molecule has 0 radical (unpaired) electrons. The summed E-state index contributed by atoms with van der Waals surface area (Å²) in [4.78, 5) is 20.7. The average molecular weight is 389 g/mol. The summed E-state index contributed by atoms with van der Waals surface area (Å²) in [6.45, 7) is 0. The maximum atomic E-state index is 12.3. The molecule has 3 N–H and O–H groups in total. The van der Waals surface area contributed by atoms with Gasteiger partial charge in [0.15, 0.2) is 5.13 Å². The van der Waals surface area contributed by atoms with Crippen LogP contribution in [-0.4, -0.2) is 30.5 Å². The number of nitrogens with zero attached hydrogens (tertiary/aromatic N) is 2. The number of nitrogens with one attached hydrogen (secondary N) is 3. The summed E-state index contributed by atoms with van der Waals surface area (Å²) >= 11 is 1.28. The van der Waals surface area contributed by atoms with Gasteiger partial charge in [-0.2, -0.15) is 0 Å². The molecule has 1 aromatic carbocycles. The summed E-state index contributed by atoms with van der Waals surface area (Å²) in [5.74, 6) is 0.236. The highest BCUT2D eigenvalue weighted by molar-refractivity contribution is 7.92. The summed E-state index contributed by atoms with van der Waals surface area (Å²) in [6.07, 6.45) is 2.71. The van der Waals surface area contributed by atoms with E-state index in [0.29, 0.717) is 22.3 Å². The first-order valence-corrected chi connectivity index (χ1v) is 10.2. The monoisotopic (exact) mass is 389 g/mol. The van der Waals surface area contributed by atoms with Crippen LogP contribution in [0.15, 0.2) is 54.0 Å². The molecule has 0 aliphatic rings. The van der Waals surface area contributed by atoms with E-state index >= 15 is 0 Å². The lowest BCUT2D eigenvalue weighted by molar-refractivity contribution is 0.102. The Bertz CT molecular complexity index is 1020. The normalized spacial score (nSPS) is 11.0. The van der Waals surface area contributed by atoms with Crippen molar-refractivity contribution in [2.45, 2.75) is 0 Å². The Balaban J connectivity index is 1.68. The molecule has 2 aromatic heterocycles. The molecule has 8 nitrogen and oxygen atoms in total. The number of thiazole rings is 1. The van der Waals surface area contributed by atoms with Gasteiger partial charge in [-0.3, -0.25) is 9.52 Å². The van der Waals surface area contributed by atoms with Crippen LogP contribution in [0.5, 0.6) is 0 Å². The highest BCUT2D eigenvalue weighted by atomic mass is 32.2. The van der Waals surface area contributed by atoms with Crippen molar-refractivity contribution in [1.29, 1.82) is 0 Å². The SMILES string of the molecule is CS(=O)(=O)Nc1cccc(NC(=O)c2csc(Nc3ccccn3)n2)c1. The van der Waals surface area contributed by atoms with Gasteiger partial charge in [0.1, 0.15) is 11.5 Å². The van der Waals surface area contributed by atoms with Gasteiger partial charge < -0.3 is 10.6 Å². The Morgan fingerprint density at radius 1 is 1.12 bits per heavy atom. The van der Waals surface area contributed by atoms with Gasteiger partial charge in [-0.25, -0.2) is 18.4 Å². The van der Waals surface area contributed by atoms with Gasteiger partial charge in [0.25, 0.3) is 5.91 Å². The topological polar surface area (TPSA) is 113 Å². The fraction of sp³-hybridized carbons (Fsp3) is 0.0625. The first-order chi connectivity index (χ1) is 12.4. The molecule has 0 unspecified atom stereocenters. The van der Waals surface area contributed by atoms with Crippen LogP contribution in [0.1, 0.15) is 10.5 Å². The molecule has 0 aliphatic heterocycles. The van der Waals surface area contributed by atoms with Crippen molar-refractivity contribution < 1.29 is 13.2 Å². The molecule has 2 heterocycles. The van der Waals surface area contributed by atoms with E-state index in [-0.39, 0.29) is 5.69 Å². The molecule has 3 rings (SSSR count). The van der Waals surface area contributed by atoms with E-state index in [9.17, 15) is 13.2 Å². The third-order valence-corrected chi connectivity index (χ3v) is 4.42. The molecule has 134 valence electrons. The lowest BCUT2D eigenvalue weighted by atomic mass is 10.3. The van der Waals surface area contributed by atoms with Gasteiger partial charge in [0.2, 0.25) is 10.0 Å². The van der Waals surface area contributed by atoms with Crippen LogP contribution < -0.4 is 15.4 Å². The number of rotatable bonds is 6. The number of benzene rings is 1. The Morgan fingerprint density at radius 3 is 2.65 bits per heavy atom. The molecule has 0 fully saturated rings. The molecule has 0 atom stereocenters. The molecule has 1 amide bonds. The van der Waals surface area contributed by atoms with Crippen molar-refractivity contribution in [2.75, 3.05) is 21.6 Å². The molecule has 26 heavy (non-hydrogen) atoms. The molecule has 0 aliphatic carbocycles. The van der Waals surface area contributed by atoms with Gasteiger partial charge in [-0.15, -0.1) is 11.3 Å². The summed E-state index contributed by atoms with van der Waals surface area (Å²) in [5, 5.41) is 7.87. The van der Waals surface area contributed by atoms with Gasteiger partial charge in [-0.1, -0.05) is 12.1 Å². The van der Waals surface area contributed by atoms with E-state index in [1.54, 1.807) is 41.9 Å². The largest absolute Gasteiger partial charge is 0.321 e. The van der Waals surface area contributed by atoms with E-state index in [4.69, 9.17) is 0 Å². The summed E-state index contributed by atoms with van der Waals surface area (Å²) in [7, 11) is -3.39. The molecular weight excluding hydrogens is 374 g/mol. The predicted molar refractivity (Wildman–Crippen MR) is 102 cm³/mol. The first-order valence-electron chi connectivity index (χ1n) is 7.42. The fourth-order valence-corrected chi connectivity index (χ4v) is 3.30. The van der Waals surface area contributed by atoms with Crippen LogP contribution in [0, 0.1) is 0 Å². The number of hydrogen-bond donors (Lipinski definition) is 3.